The number of halogens is 1. The Hall–Kier alpha value is -3.12. The van der Waals surface area contributed by atoms with Crippen molar-refractivity contribution in [2.24, 2.45) is 0 Å². The van der Waals surface area contributed by atoms with Crippen LogP contribution in [0.1, 0.15) is 11.1 Å². The van der Waals surface area contributed by atoms with Crippen LogP contribution in [-0.2, 0) is 6.61 Å². The van der Waals surface area contributed by atoms with E-state index in [1.54, 1.807) is 6.07 Å². The molecule has 3 aromatic carbocycles. The number of hydrogen-bond acceptors (Lipinski definition) is 2. The minimum absolute atomic E-state index is 0.290. The smallest absolute Gasteiger partial charge is 0.127 e. The van der Waals surface area contributed by atoms with Gasteiger partial charge >= 0.3 is 0 Å². The summed E-state index contributed by atoms with van der Waals surface area (Å²) in [6.45, 7) is 0.429. The number of para-hydroxylation sites is 1. The third-order valence-electron chi connectivity index (χ3n) is 3.46. The van der Waals surface area contributed by atoms with E-state index in [1.165, 1.54) is 12.1 Å². The molecule has 0 saturated carbocycles. The molecular formula is C20H14FNO. The normalized spacial score (nSPS) is 10.1. The maximum Gasteiger partial charge on any atom is 0.127 e. The Labute approximate surface area is 134 Å². The van der Waals surface area contributed by atoms with E-state index >= 15 is 0 Å². The van der Waals surface area contributed by atoms with Crippen molar-refractivity contribution in [1.29, 1.82) is 5.26 Å². The van der Waals surface area contributed by atoms with Gasteiger partial charge in [-0.3, -0.25) is 0 Å². The van der Waals surface area contributed by atoms with Crippen LogP contribution in [0.3, 0.4) is 0 Å². The van der Waals surface area contributed by atoms with Gasteiger partial charge in [0.25, 0.3) is 0 Å². The van der Waals surface area contributed by atoms with Gasteiger partial charge in [-0.05, 0) is 35.4 Å². The number of benzene rings is 3. The molecule has 2 nitrogen and oxygen atoms in total. The molecule has 0 atom stereocenters. The second-order valence-corrected chi connectivity index (χ2v) is 5.11. The highest BCUT2D eigenvalue weighted by Crippen LogP contribution is 2.31. The zero-order valence-corrected chi connectivity index (χ0v) is 12.4. The first kappa shape index (κ1) is 14.8. The average molecular weight is 303 g/mol. The summed E-state index contributed by atoms with van der Waals surface area (Å²) in [5.41, 5.74) is 2.74. The summed E-state index contributed by atoms with van der Waals surface area (Å²) in [4.78, 5) is 0. The van der Waals surface area contributed by atoms with Crippen LogP contribution in [-0.4, -0.2) is 0 Å². The summed E-state index contributed by atoms with van der Waals surface area (Å²) in [5.74, 6) is 0.225. The van der Waals surface area contributed by atoms with Crippen molar-refractivity contribution in [2.75, 3.05) is 0 Å². The summed E-state index contributed by atoms with van der Waals surface area (Å²) in [6, 6.07) is 23.5. The summed E-state index contributed by atoms with van der Waals surface area (Å²) in [7, 11) is 0. The van der Waals surface area contributed by atoms with Crippen LogP contribution in [0.25, 0.3) is 11.1 Å². The third-order valence-corrected chi connectivity index (χ3v) is 3.46. The zero-order chi connectivity index (χ0) is 16.1. The topological polar surface area (TPSA) is 33.0 Å². The molecule has 3 rings (SSSR count). The van der Waals surface area contributed by atoms with Gasteiger partial charge in [-0.1, -0.05) is 48.5 Å². The van der Waals surface area contributed by atoms with E-state index in [0.29, 0.717) is 17.9 Å². The van der Waals surface area contributed by atoms with Gasteiger partial charge in [-0.25, -0.2) is 4.39 Å². The van der Waals surface area contributed by atoms with Crippen LogP contribution >= 0.6 is 0 Å². The summed E-state index contributed by atoms with van der Waals surface area (Å²) in [6.07, 6.45) is 0. The minimum atomic E-state index is -0.433. The van der Waals surface area contributed by atoms with Crippen LogP contribution in [0.4, 0.5) is 4.39 Å². The fourth-order valence-electron chi connectivity index (χ4n) is 2.38. The van der Waals surface area contributed by atoms with Crippen molar-refractivity contribution in [3.63, 3.8) is 0 Å². The van der Waals surface area contributed by atoms with Crippen LogP contribution < -0.4 is 4.74 Å². The molecule has 3 aromatic rings. The molecule has 0 N–H and O–H groups in total. The Morgan fingerprint density at radius 3 is 2.43 bits per heavy atom. The lowest BCUT2D eigenvalue weighted by Crippen LogP contribution is -1.97. The number of nitriles is 1. The van der Waals surface area contributed by atoms with Gasteiger partial charge in [0.15, 0.2) is 0 Å². The predicted molar refractivity (Wildman–Crippen MR) is 87.3 cm³/mol. The standard InChI is InChI=1S/C20H14FNO/c21-18-11-16(13-22)10-17(12-18)19-8-4-5-9-20(19)23-14-15-6-2-1-3-7-15/h1-12H,14H2. The molecule has 0 saturated heterocycles. The fraction of sp³-hybridized carbons (Fsp3) is 0.0500. The summed E-state index contributed by atoms with van der Waals surface area (Å²) >= 11 is 0. The molecule has 112 valence electrons. The Morgan fingerprint density at radius 2 is 1.65 bits per heavy atom. The quantitative estimate of drug-likeness (QED) is 0.683. The first-order valence-corrected chi connectivity index (χ1v) is 7.23. The highest BCUT2D eigenvalue weighted by Gasteiger charge is 2.09. The van der Waals surface area contributed by atoms with Crippen LogP contribution in [0, 0.1) is 17.1 Å². The monoisotopic (exact) mass is 303 g/mol. The number of hydrogen-bond donors (Lipinski definition) is 0. The van der Waals surface area contributed by atoms with Gasteiger partial charge in [-0.2, -0.15) is 5.26 Å². The van der Waals surface area contributed by atoms with Crippen LogP contribution in [0.15, 0.2) is 72.8 Å². The van der Waals surface area contributed by atoms with Gasteiger partial charge in [0.1, 0.15) is 18.2 Å². The van der Waals surface area contributed by atoms with Crippen LogP contribution in [0.5, 0.6) is 5.75 Å². The molecule has 23 heavy (non-hydrogen) atoms. The molecule has 0 aliphatic carbocycles. The van der Waals surface area contributed by atoms with Crippen molar-refractivity contribution < 1.29 is 9.13 Å². The fourth-order valence-corrected chi connectivity index (χ4v) is 2.38. The number of rotatable bonds is 4. The van der Waals surface area contributed by atoms with Gasteiger partial charge in [0.2, 0.25) is 0 Å². The van der Waals surface area contributed by atoms with Crippen molar-refractivity contribution in [1.82, 2.24) is 0 Å². The largest absolute Gasteiger partial charge is 0.488 e. The van der Waals surface area contributed by atoms with Gasteiger partial charge in [-0.15, -0.1) is 0 Å². The molecule has 0 radical (unpaired) electrons. The summed E-state index contributed by atoms with van der Waals surface area (Å²) in [5, 5.41) is 9.01. The molecule has 3 heteroatoms. The Balaban J connectivity index is 1.92. The lowest BCUT2D eigenvalue weighted by Gasteiger charge is -2.12. The zero-order valence-electron chi connectivity index (χ0n) is 12.4. The highest BCUT2D eigenvalue weighted by molar-refractivity contribution is 5.71. The molecule has 0 heterocycles. The first-order valence-electron chi connectivity index (χ1n) is 7.23. The molecule has 0 amide bonds. The SMILES string of the molecule is N#Cc1cc(F)cc(-c2ccccc2OCc2ccccc2)c1. The van der Waals surface area contributed by atoms with E-state index < -0.39 is 5.82 Å². The Morgan fingerprint density at radius 1 is 0.913 bits per heavy atom. The molecule has 0 spiro atoms. The van der Waals surface area contributed by atoms with E-state index in [1.807, 2.05) is 60.7 Å². The minimum Gasteiger partial charge on any atom is -0.488 e. The van der Waals surface area contributed by atoms with E-state index in [-0.39, 0.29) is 5.56 Å². The second kappa shape index (κ2) is 6.76. The molecule has 0 bridgehead atoms. The number of nitrogens with zero attached hydrogens (tertiary/aromatic N) is 1. The molecule has 0 aliphatic heterocycles. The first-order chi connectivity index (χ1) is 11.3. The van der Waals surface area contributed by atoms with Crippen molar-refractivity contribution in [3.05, 3.63) is 89.7 Å². The maximum atomic E-state index is 13.7. The Kier molecular flexibility index (Phi) is 4.35. The van der Waals surface area contributed by atoms with Gasteiger partial charge in [0, 0.05) is 5.56 Å². The lowest BCUT2D eigenvalue weighted by molar-refractivity contribution is 0.307. The van der Waals surface area contributed by atoms with E-state index in [0.717, 1.165) is 11.1 Å². The van der Waals surface area contributed by atoms with E-state index in [2.05, 4.69) is 0 Å². The maximum absolute atomic E-state index is 13.7. The number of ether oxygens (including phenoxy) is 1. The van der Waals surface area contributed by atoms with Gasteiger partial charge in [0.05, 0.1) is 11.6 Å². The predicted octanol–water partition coefficient (Wildman–Crippen LogP) is 4.94. The second-order valence-electron chi connectivity index (χ2n) is 5.11. The van der Waals surface area contributed by atoms with Crippen molar-refractivity contribution in [2.45, 2.75) is 6.61 Å². The lowest BCUT2D eigenvalue weighted by atomic mass is 10.0. The summed E-state index contributed by atoms with van der Waals surface area (Å²) < 4.78 is 19.6. The Bertz CT molecular complexity index is 853. The molecule has 0 unspecified atom stereocenters. The molecule has 0 aliphatic rings. The van der Waals surface area contributed by atoms with Crippen molar-refractivity contribution >= 4 is 0 Å². The molecule has 0 fully saturated rings. The van der Waals surface area contributed by atoms with Gasteiger partial charge < -0.3 is 4.74 Å². The molecule has 0 aromatic heterocycles. The average Bonchev–Trinajstić information content (AvgIpc) is 2.60. The molecular weight excluding hydrogens is 289 g/mol. The van der Waals surface area contributed by atoms with E-state index in [4.69, 9.17) is 10.00 Å². The van der Waals surface area contributed by atoms with E-state index in [9.17, 15) is 4.39 Å². The van der Waals surface area contributed by atoms with Crippen LogP contribution in [0.2, 0.25) is 0 Å². The van der Waals surface area contributed by atoms with Crippen molar-refractivity contribution in [3.8, 4) is 22.9 Å². The highest BCUT2D eigenvalue weighted by atomic mass is 19.1. The third kappa shape index (κ3) is 3.56.